The van der Waals surface area contributed by atoms with Crippen molar-refractivity contribution in [3.05, 3.63) is 35.9 Å². The van der Waals surface area contributed by atoms with Gasteiger partial charge in [0.25, 0.3) is 0 Å². The number of carbonyl (C=O) groups excluding carboxylic acids is 1. The summed E-state index contributed by atoms with van der Waals surface area (Å²) < 4.78 is 0. The fourth-order valence-electron chi connectivity index (χ4n) is 1.84. The van der Waals surface area contributed by atoms with Gasteiger partial charge in [-0.1, -0.05) is 30.3 Å². The lowest BCUT2D eigenvalue weighted by Crippen LogP contribution is -2.12. The summed E-state index contributed by atoms with van der Waals surface area (Å²) in [6, 6.07) is 10.7. The first-order valence-electron chi connectivity index (χ1n) is 6.78. The van der Waals surface area contributed by atoms with E-state index >= 15 is 0 Å². The zero-order valence-corrected chi connectivity index (χ0v) is 11.2. The van der Waals surface area contributed by atoms with E-state index in [1.54, 1.807) is 0 Å². The summed E-state index contributed by atoms with van der Waals surface area (Å²) in [4.78, 5) is 10.1. The number of benzene rings is 1. The predicted molar refractivity (Wildman–Crippen MR) is 75.6 cm³/mol. The maximum Gasteiger partial charge on any atom is 0.220 e. The molecule has 18 heavy (non-hydrogen) atoms. The van der Waals surface area contributed by atoms with Crippen LogP contribution in [0.4, 0.5) is 0 Å². The number of nitrogens with one attached hydrogen (secondary N) is 2. The molecule has 3 nitrogen and oxygen atoms in total. The molecule has 1 aliphatic heterocycles. The van der Waals surface area contributed by atoms with Crippen molar-refractivity contribution < 1.29 is 4.79 Å². The maximum absolute atomic E-state index is 10.1. The molecule has 2 N–H and O–H groups in total. The van der Waals surface area contributed by atoms with Crippen LogP contribution < -0.4 is 10.6 Å². The van der Waals surface area contributed by atoms with Crippen LogP contribution >= 0.6 is 0 Å². The molecule has 1 aromatic carbocycles. The molecule has 0 aromatic heterocycles. The minimum absolute atomic E-state index is 0.204. The fraction of sp³-hybridized carbons (Fsp3) is 0.533. The number of hydrogen-bond acceptors (Lipinski definition) is 2. The van der Waals surface area contributed by atoms with E-state index in [2.05, 4.69) is 41.0 Å². The number of rotatable bonds is 5. The van der Waals surface area contributed by atoms with E-state index in [4.69, 9.17) is 0 Å². The van der Waals surface area contributed by atoms with Gasteiger partial charge in [0.2, 0.25) is 5.91 Å². The third-order valence-electron chi connectivity index (χ3n) is 2.89. The van der Waals surface area contributed by atoms with Crippen molar-refractivity contribution in [3.63, 3.8) is 0 Å². The lowest BCUT2D eigenvalue weighted by atomic mass is 10.1. The third kappa shape index (κ3) is 7.07. The van der Waals surface area contributed by atoms with Crippen LogP contribution in [-0.4, -0.2) is 26.0 Å². The van der Waals surface area contributed by atoms with Crippen molar-refractivity contribution in [2.75, 3.05) is 20.1 Å². The van der Waals surface area contributed by atoms with Crippen LogP contribution in [-0.2, 0) is 11.2 Å². The minimum Gasteiger partial charge on any atom is -0.356 e. The maximum atomic E-state index is 10.1. The van der Waals surface area contributed by atoms with Gasteiger partial charge >= 0.3 is 0 Å². The van der Waals surface area contributed by atoms with Crippen molar-refractivity contribution in [2.24, 2.45) is 0 Å². The van der Waals surface area contributed by atoms with Gasteiger partial charge in [-0.25, -0.2) is 0 Å². The highest BCUT2D eigenvalue weighted by Gasteiger charge is 2.05. The van der Waals surface area contributed by atoms with Crippen LogP contribution in [0.3, 0.4) is 0 Å². The summed E-state index contributed by atoms with van der Waals surface area (Å²) >= 11 is 0. The molecule has 0 aliphatic carbocycles. The number of amides is 1. The van der Waals surface area contributed by atoms with Crippen molar-refractivity contribution in [3.8, 4) is 0 Å². The summed E-state index contributed by atoms with van der Waals surface area (Å²) in [5, 5.41) is 5.83. The first-order chi connectivity index (χ1) is 8.83. The topological polar surface area (TPSA) is 41.1 Å². The quantitative estimate of drug-likeness (QED) is 0.784. The van der Waals surface area contributed by atoms with E-state index in [-0.39, 0.29) is 5.91 Å². The van der Waals surface area contributed by atoms with E-state index in [0.29, 0.717) is 0 Å². The summed E-state index contributed by atoms with van der Waals surface area (Å²) in [6.07, 6.45) is 5.53. The smallest absolute Gasteiger partial charge is 0.220 e. The fourth-order valence-corrected chi connectivity index (χ4v) is 1.84. The van der Waals surface area contributed by atoms with Gasteiger partial charge in [-0.3, -0.25) is 4.79 Å². The largest absolute Gasteiger partial charge is 0.356 e. The first kappa shape index (κ1) is 14.7. The van der Waals surface area contributed by atoms with E-state index in [0.717, 1.165) is 25.9 Å². The second-order valence-corrected chi connectivity index (χ2v) is 4.50. The molecule has 1 aliphatic rings. The number of hydrogen-bond donors (Lipinski definition) is 2. The average Bonchev–Trinajstić information content (AvgIpc) is 2.88. The average molecular weight is 248 g/mol. The normalized spacial score (nSPS) is 13.7. The Morgan fingerprint density at radius 2 is 2.00 bits per heavy atom. The van der Waals surface area contributed by atoms with Gasteiger partial charge in [0.1, 0.15) is 0 Å². The Balaban J connectivity index is 0.000000225. The first-order valence-corrected chi connectivity index (χ1v) is 6.78. The molecule has 1 aromatic rings. The summed E-state index contributed by atoms with van der Waals surface area (Å²) in [7, 11) is 2.00. The molecule has 2 rings (SSSR count). The third-order valence-corrected chi connectivity index (χ3v) is 2.89. The van der Waals surface area contributed by atoms with Crippen LogP contribution in [0.2, 0.25) is 0 Å². The van der Waals surface area contributed by atoms with Crippen molar-refractivity contribution in [2.45, 2.75) is 32.1 Å². The van der Waals surface area contributed by atoms with Crippen molar-refractivity contribution >= 4 is 5.91 Å². The lowest BCUT2D eigenvalue weighted by Gasteiger charge is -2.00. The molecule has 1 heterocycles. The van der Waals surface area contributed by atoms with Gasteiger partial charge in [0.05, 0.1) is 0 Å². The second kappa shape index (κ2) is 9.66. The SMILES string of the molecule is CNCCCCc1ccccc1.O=C1CCCN1. The molecular formula is C15H24N2O. The Hall–Kier alpha value is -1.35. The highest BCUT2D eigenvalue weighted by molar-refractivity contribution is 5.77. The zero-order chi connectivity index (χ0) is 13.1. The molecule has 1 saturated heterocycles. The number of unbranched alkanes of at least 4 members (excludes halogenated alkanes) is 1. The van der Waals surface area contributed by atoms with E-state index < -0.39 is 0 Å². The van der Waals surface area contributed by atoms with E-state index in [1.165, 1.54) is 24.8 Å². The van der Waals surface area contributed by atoms with Crippen molar-refractivity contribution in [1.82, 2.24) is 10.6 Å². The summed E-state index contributed by atoms with van der Waals surface area (Å²) in [5.74, 6) is 0.204. The van der Waals surface area contributed by atoms with Crippen LogP contribution in [0.15, 0.2) is 30.3 Å². The Kier molecular flexibility index (Phi) is 7.89. The summed E-state index contributed by atoms with van der Waals surface area (Å²) in [5.41, 5.74) is 1.45. The molecule has 3 heteroatoms. The monoisotopic (exact) mass is 248 g/mol. The van der Waals surface area contributed by atoms with Crippen LogP contribution in [0.1, 0.15) is 31.2 Å². The molecule has 0 unspecified atom stereocenters. The van der Waals surface area contributed by atoms with E-state index in [1.807, 2.05) is 7.05 Å². The zero-order valence-electron chi connectivity index (χ0n) is 11.2. The second-order valence-electron chi connectivity index (χ2n) is 4.50. The minimum atomic E-state index is 0.204. The van der Waals surface area contributed by atoms with Crippen molar-refractivity contribution in [1.29, 1.82) is 0 Å². The lowest BCUT2D eigenvalue weighted by molar-refractivity contribution is -0.119. The molecule has 1 fully saturated rings. The highest BCUT2D eigenvalue weighted by Crippen LogP contribution is 2.03. The standard InChI is InChI=1S/C11H17N.C4H7NO/c1-12-10-6-5-9-11-7-3-2-4-8-11;6-4-2-1-3-5-4/h2-4,7-8,12H,5-6,9-10H2,1H3;1-3H2,(H,5,6). The highest BCUT2D eigenvalue weighted by atomic mass is 16.1. The molecule has 1 amide bonds. The van der Waals surface area contributed by atoms with Crippen LogP contribution in [0.25, 0.3) is 0 Å². The van der Waals surface area contributed by atoms with Crippen LogP contribution in [0.5, 0.6) is 0 Å². The molecule has 0 radical (unpaired) electrons. The Bertz CT molecular complexity index is 317. The number of aryl methyl sites for hydroxylation is 1. The van der Waals surface area contributed by atoms with Gasteiger partial charge < -0.3 is 10.6 Å². The molecule has 0 atom stereocenters. The van der Waals surface area contributed by atoms with Gasteiger partial charge in [-0.2, -0.15) is 0 Å². The predicted octanol–water partition coefficient (Wildman–Crippen LogP) is 2.13. The molecule has 0 bridgehead atoms. The van der Waals surface area contributed by atoms with Gasteiger partial charge in [0.15, 0.2) is 0 Å². The molecule has 0 saturated carbocycles. The van der Waals surface area contributed by atoms with Crippen LogP contribution in [0, 0.1) is 0 Å². The van der Waals surface area contributed by atoms with E-state index in [9.17, 15) is 4.79 Å². The van der Waals surface area contributed by atoms with Gasteiger partial charge in [0, 0.05) is 13.0 Å². The Morgan fingerprint density at radius 3 is 2.50 bits per heavy atom. The van der Waals surface area contributed by atoms with Gasteiger partial charge in [-0.05, 0) is 44.8 Å². The molecule has 0 spiro atoms. The Morgan fingerprint density at radius 1 is 1.22 bits per heavy atom. The molecule has 100 valence electrons. The van der Waals surface area contributed by atoms with Gasteiger partial charge in [-0.15, -0.1) is 0 Å². The number of carbonyl (C=O) groups is 1. The molecular weight excluding hydrogens is 224 g/mol. The summed E-state index contributed by atoms with van der Waals surface area (Å²) in [6.45, 7) is 2.02. The Labute approximate surface area is 110 Å².